The van der Waals surface area contributed by atoms with Crippen molar-refractivity contribution in [2.45, 2.75) is 64.7 Å². The van der Waals surface area contributed by atoms with Gasteiger partial charge in [-0.2, -0.15) is 0 Å². The summed E-state index contributed by atoms with van der Waals surface area (Å²) in [6.45, 7) is 9.62. The molecule has 1 heterocycles. The SMILES string of the molecule is CCC1CN(C2CC(C)(C)CCC2O)CCO1. The summed E-state index contributed by atoms with van der Waals surface area (Å²) in [6.07, 6.45) is 4.50. The third-order valence-corrected chi connectivity index (χ3v) is 4.42. The van der Waals surface area contributed by atoms with Crippen LogP contribution in [-0.2, 0) is 4.74 Å². The molecule has 0 bridgehead atoms. The van der Waals surface area contributed by atoms with Crippen LogP contribution in [0.2, 0.25) is 0 Å². The third-order valence-electron chi connectivity index (χ3n) is 4.42. The van der Waals surface area contributed by atoms with Crippen molar-refractivity contribution in [3.05, 3.63) is 0 Å². The van der Waals surface area contributed by atoms with E-state index in [1.807, 2.05) is 0 Å². The molecule has 3 unspecified atom stereocenters. The van der Waals surface area contributed by atoms with Crippen LogP contribution in [0.4, 0.5) is 0 Å². The minimum Gasteiger partial charge on any atom is -0.391 e. The Bertz CT molecular complexity index is 255. The molecule has 0 aromatic carbocycles. The first-order valence-electron chi connectivity index (χ1n) is 7.05. The smallest absolute Gasteiger partial charge is 0.0700 e. The van der Waals surface area contributed by atoms with Crippen molar-refractivity contribution in [1.29, 1.82) is 0 Å². The van der Waals surface area contributed by atoms with Crippen LogP contribution in [0.5, 0.6) is 0 Å². The van der Waals surface area contributed by atoms with E-state index in [9.17, 15) is 5.11 Å². The van der Waals surface area contributed by atoms with E-state index in [0.29, 0.717) is 17.6 Å². The number of rotatable bonds is 2. The summed E-state index contributed by atoms with van der Waals surface area (Å²) in [5, 5.41) is 10.2. The van der Waals surface area contributed by atoms with Crippen LogP contribution >= 0.6 is 0 Å². The Morgan fingerprint density at radius 1 is 1.41 bits per heavy atom. The van der Waals surface area contributed by atoms with Crippen molar-refractivity contribution in [2.24, 2.45) is 5.41 Å². The Morgan fingerprint density at radius 2 is 2.18 bits per heavy atom. The fourth-order valence-corrected chi connectivity index (χ4v) is 3.20. The zero-order chi connectivity index (χ0) is 12.5. The van der Waals surface area contributed by atoms with Gasteiger partial charge < -0.3 is 9.84 Å². The summed E-state index contributed by atoms with van der Waals surface area (Å²) in [6, 6.07) is 0.344. The molecule has 0 amide bonds. The van der Waals surface area contributed by atoms with E-state index < -0.39 is 0 Å². The summed E-state index contributed by atoms with van der Waals surface area (Å²) in [7, 11) is 0. The van der Waals surface area contributed by atoms with E-state index in [0.717, 1.165) is 45.4 Å². The molecule has 2 fully saturated rings. The average Bonchev–Trinajstić information content (AvgIpc) is 2.32. The fourth-order valence-electron chi connectivity index (χ4n) is 3.20. The van der Waals surface area contributed by atoms with Crippen molar-refractivity contribution >= 4 is 0 Å². The van der Waals surface area contributed by atoms with Gasteiger partial charge in [0.05, 0.1) is 18.8 Å². The molecule has 3 heteroatoms. The Hall–Kier alpha value is -0.120. The van der Waals surface area contributed by atoms with Gasteiger partial charge >= 0.3 is 0 Å². The van der Waals surface area contributed by atoms with Gasteiger partial charge in [-0.05, 0) is 31.1 Å². The van der Waals surface area contributed by atoms with Crippen molar-refractivity contribution < 1.29 is 9.84 Å². The fraction of sp³-hybridized carbons (Fsp3) is 1.00. The van der Waals surface area contributed by atoms with Crippen molar-refractivity contribution in [1.82, 2.24) is 4.90 Å². The molecule has 0 aromatic heterocycles. The number of morpholine rings is 1. The Labute approximate surface area is 105 Å². The van der Waals surface area contributed by atoms with Gasteiger partial charge in [0.25, 0.3) is 0 Å². The van der Waals surface area contributed by atoms with E-state index >= 15 is 0 Å². The third kappa shape index (κ3) is 3.21. The van der Waals surface area contributed by atoms with Crippen LogP contribution in [-0.4, -0.2) is 48.0 Å². The quantitative estimate of drug-likeness (QED) is 0.803. The van der Waals surface area contributed by atoms with E-state index in [1.54, 1.807) is 0 Å². The first-order chi connectivity index (χ1) is 8.02. The number of nitrogens with zero attached hydrogens (tertiary/aromatic N) is 1. The predicted octanol–water partition coefficient (Wildman–Crippen LogP) is 2.04. The number of hydrogen-bond acceptors (Lipinski definition) is 3. The minimum atomic E-state index is -0.140. The van der Waals surface area contributed by atoms with Crippen LogP contribution in [0.1, 0.15) is 46.5 Å². The summed E-state index contributed by atoms with van der Waals surface area (Å²) < 4.78 is 5.71. The van der Waals surface area contributed by atoms with Gasteiger partial charge in [-0.15, -0.1) is 0 Å². The summed E-state index contributed by atoms with van der Waals surface area (Å²) in [4.78, 5) is 2.46. The molecule has 1 N–H and O–H groups in total. The van der Waals surface area contributed by atoms with E-state index in [4.69, 9.17) is 4.74 Å². The molecular formula is C14H27NO2. The van der Waals surface area contributed by atoms with Crippen LogP contribution in [0, 0.1) is 5.41 Å². The molecule has 2 aliphatic rings. The highest BCUT2D eigenvalue weighted by Gasteiger charge is 2.38. The highest BCUT2D eigenvalue weighted by molar-refractivity contribution is 4.92. The average molecular weight is 241 g/mol. The Balaban J connectivity index is 1.99. The standard InChI is InChI=1S/C14H27NO2/c1-4-11-10-15(7-8-17-11)12-9-14(2,3)6-5-13(12)16/h11-13,16H,4-10H2,1-3H3. The molecule has 1 aliphatic carbocycles. The van der Waals surface area contributed by atoms with Gasteiger partial charge in [0, 0.05) is 19.1 Å². The molecule has 0 spiro atoms. The number of aliphatic hydroxyl groups excluding tert-OH is 1. The van der Waals surface area contributed by atoms with Gasteiger partial charge in [0.1, 0.15) is 0 Å². The second kappa shape index (κ2) is 5.25. The van der Waals surface area contributed by atoms with Crippen LogP contribution in [0.25, 0.3) is 0 Å². The first-order valence-corrected chi connectivity index (χ1v) is 7.05. The molecule has 1 saturated carbocycles. The lowest BCUT2D eigenvalue weighted by atomic mass is 9.73. The number of aliphatic hydroxyl groups is 1. The minimum absolute atomic E-state index is 0.140. The normalized spacial score (nSPS) is 39.2. The number of hydrogen-bond donors (Lipinski definition) is 1. The molecule has 3 nitrogen and oxygen atoms in total. The van der Waals surface area contributed by atoms with Crippen molar-refractivity contribution in [2.75, 3.05) is 19.7 Å². The maximum Gasteiger partial charge on any atom is 0.0700 e. The molecule has 0 aromatic rings. The molecule has 0 radical (unpaired) electrons. The summed E-state index contributed by atoms with van der Waals surface area (Å²) >= 11 is 0. The first kappa shape index (κ1) is 13.3. The largest absolute Gasteiger partial charge is 0.391 e. The highest BCUT2D eigenvalue weighted by Crippen LogP contribution is 2.37. The Morgan fingerprint density at radius 3 is 2.88 bits per heavy atom. The molecular weight excluding hydrogens is 214 g/mol. The molecule has 3 atom stereocenters. The Kier molecular flexibility index (Phi) is 4.11. The molecule has 2 rings (SSSR count). The van der Waals surface area contributed by atoms with E-state index in [2.05, 4.69) is 25.7 Å². The zero-order valence-electron chi connectivity index (χ0n) is 11.5. The van der Waals surface area contributed by atoms with E-state index in [1.165, 1.54) is 0 Å². The van der Waals surface area contributed by atoms with Gasteiger partial charge in [-0.1, -0.05) is 20.8 Å². The second-order valence-corrected chi connectivity index (χ2v) is 6.44. The van der Waals surface area contributed by atoms with Gasteiger partial charge in [0.15, 0.2) is 0 Å². The van der Waals surface area contributed by atoms with Crippen LogP contribution in [0.3, 0.4) is 0 Å². The maximum absolute atomic E-state index is 10.2. The van der Waals surface area contributed by atoms with E-state index in [-0.39, 0.29) is 6.10 Å². The van der Waals surface area contributed by atoms with Crippen LogP contribution < -0.4 is 0 Å². The monoisotopic (exact) mass is 241 g/mol. The van der Waals surface area contributed by atoms with Gasteiger partial charge in [0.2, 0.25) is 0 Å². The molecule has 17 heavy (non-hydrogen) atoms. The lowest BCUT2D eigenvalue weighted by Gasteiger charge is -2.46. The van der Waals surface area contributed by atoms with Crippen LogP contribution in [0.15, 0.2) is 0 Å². The molecule has 1 aliphatic heterocycles. The van der Waals surface area contributed by atoms with Gasteiger partial charge in [-0.3, -0.25) is 4.90 Å². The summed E-state index contributed by atoms with van der Waals surface area (Å²) in [5.74, 6) is 0. The highest BCUT2D eigenvalue weighted by atomic mass is 16.5. The maximum atomic E-state index is 10.2. The molecule has 1 saturated heterocycles. The van der Waals surface area contributed by atoms with Gasteiger partial charge in [-0.25, -0.2) is 0 Å². The molecule has 100 valence electrons. The zero-order valence-corrected chi connectivity index (χ0v) is 11.5. The topological polar surface area (TPSA) is 32.7 Å². The predicted molar refractivity (Wildman–Crippen MR) is 69.0 cm³/mol. The summed E-state index contributed by atoms with van der Waals surface area (Å²) in [5.41, 5.74) is 0.379. The van der Waals surface area contributed by atoms with Crippen molar-refractivity contribution in [3.8, 4) is 0 Å². The lowest BCUT2D eigenvalue weighted by molar-refractivity contribution is -0.0870. The number of ether oxygens (including phenoxy) is 1. The second-order valence-electron chi connectivity index (χ2n) is 6.44. The lowest BCUT2D eigenvalue weighted by Crippen LogP contribution is -2.54. The van der Waals surface area contributed by atoms with Crippen molar-refractivity contribution in [3.63, 3.8) is 0 Å².